The topological polar surface area (TPSA) is 67.8 Å². The van der Waals surface area contributed by atoms with E-state index >= 15 is 0 Å². The second-order valence-corrected chi connectivity index (χ2v) is 6.52. The van der Waals surface area contributed by atoms with Crippen molar-refractivity contribution >= 4 is 17.3 Å². The second kappa shape index (κ2) is 10.2. The number of nitrogens with one attached hydrogen (secondary N) is 2. The van der Waals surface area contributed by atoms with Gasteiger partial charge in [-0.3, -0.25) is 4.99 Å². The van der Waals surface area contributed by atoms with E-state index in [4.69, 9.17) is 4.74 Å². The molecular weight excluding hydrogens is 419 g/mol. The van der Waals surface area contributed by atoms with Crippen LogP contribution in [-0.4, -0.2) is 38.3 Å². The lowest BCUT2D eigenvalue weighted by atomic mass is 10.2. The third-order valence-electron chi connectivity index (χ3n) is 3.63. The van der Waals surface area contributed by atoms with Crippen LogP contribution in [-0.2, 0) is 19.1 Å². The number of halogens is 5. The highest BCUT2D eigenvalue weighted by Crippen LogP contribution is 2.30. The van der Waals surface area contributed by atoms with Gasteiger partial charge in [0.15, 0.2) is 11.7 Å². The molecule has 0 aliphatic heterocycles. The van der Waals surface area contributed by atoms with E-state index in [9.17, 15) is 22.0 Å². The third-order valence-corrected chi connectivity index (χ3v) is 4.54. The fourth-order valence-corrected chi connectivity index (χ4v) is 3.06. The van der Waals surface area contributed by atoms with Crippen molar-refractivity contribution in [1.29, 1.82) is 0 Å². The molecule has 0 atom stereocenters. The predicted octanol–water partition coefficient (Wildman–Crippen LogP) is 3.68. The fourth-order valence-electron chi connectivity index (χ4n) is 2.26. The largest absolute Gasteiger partial charge is 0.497 e. The number of hydrogen-bond donors (Lipinski definition) is 2. The third kappa shape index (κ3) is 7.04. The fraction of sp³-hybridized carbons (Fsp3) is 0.412. The van der Waals surface area contributed by atoms with Crippen molar-refractivity contribution in [3.05, 3.63) is 39.8 Å². The van der Waals surface area contributed by atoms with E-state index in [1.807, 2.05) is 0 Å². The van der Waals surface area contributed by atoms with Gasteiger partial charge in [-0.25, -0.2) is 4.98 Å². The highest BCUT2D eigenvalue weighted by Gasteiger charge is 2.33. The molecule has 1 aromatic carbocycles. The lowest BCUT2D eigenvalue weighted by Crippen LogP contribution is -2.38. The van der Waals surface area contributed by atoms with E-state index < -0.39 is 18.5 Å². The van der Waals surface area contributed by atoms with Gasteiger partial charge < -0.3 is 20.1 Å². The molecule has 0 bridgehead atoms. The first-order chi connectivity index (χ1) is 13.7. The molecule has 29 heavy (non-hydrogen) atoms. The van der Waals surface area contributed by atoms with Crippen LogP contribution in [0, 0.1) is 0 Å². The first-order valence-corrected chi connectivity index (χ1v) is 9.18. The summed E-state index contributed by atoms with van der Waals surface area (Å²) < 4.78 is 72.4. The van der Waals surface area contributed by atoms with Crippen LogP contribution in [0.1, 0.15) is 16.3 Å². The number of aliphatic imine (C=N–C) groups is 1. The minimum Gasteiger partial charge on any atom is -0.497 e. The van der Waals surface area contributed by atoms with Crippen molar-refractivity contribution in [3.8, 4) is 11.5 Å². The van der Waals surface area contributed by atoms with Gasteiger partial charge in [-0.2, -0.15) is 22.0 Å². The molecule has 2 rings (SSSR count). The van der Waals surface area contributed by atoms with Crippen molar-refractivity contribution in [2.24, 2.45) is 4.99 Å². The van der Waals surface area contributed by atoms with Gasteiger partial charge in [0.05, 0.1) is 12.1 Å². The number of nitrogens with zero attached hydrogens (tertiary/aromatic N) is 2. The Morgan fingerprint density at radius 2 is 2.03 bits per heavy atom. The Bertz CT molecular complexity index is 826. The maximum absolute atomic E-state index is 12.6. The standard InChI is InChI=1S/C17H19F5N4O2S/c1-23-16(24-6-5-14-26-13(9-29-14)17(20,21)22)25-8-10-3-4-11(27-2)7-12(10)28-15(18)19/h3-4,7,9,15H,5-6,8H2,1-2H3,(H2,23,24,25). The monoisotopic (exact) mass is 438 g/mol. The van der Waals surface area contributed by atoms with E-state index in [2.05, 4.69) is 25.3 Å². The molecule has 0 aliphatic rings. The van der Waals surface area contributed by atoms with E-state index in [1.165, 1.54) is 20.2 Å². The Labute approximate surface area is 167 Å². The van der Waals surface area contributed by atoms with Crippen molar-refractivity contribution in [1.82, 2.24) is 15.6 Å². The molecule has 0 saturated heterocycles. The molecule has 6 nitrogen and oxygen atoms in total. The Morgan fingerprint density at radius 1 is 1.28 bits per heavy atom. The minimum atomic E-state index is -4.46. The summed E-state index contributed by atoms with van der Waals surface area (Å²) in [6.07, 6.45) is -4.19. The summed E-state index contributed by atoms with van der Waals surface area (Å²) in [5.74, 6) is 0.676. The van der Waals surface area contributed by atoms with E-state index in [-0.39, 0.29) is 25.3 Å². The minimum absolute atomic E-state index is 0.0373. The van der Waals surface area contributed by atoms with Crippen LogP contribution < -0.4 is 20.1 Å². The van der Waals surface area contributed by atoms with Crippen LogP contribution in [0.15, 0.2) is 28.6 Å². The van der Waals surface area contributed by atoms with Gasteiger partial charge in [0.25, 0.3) is 0 Å². The smallest absolute Gasteiger partial charge is 0.434 e. The Hall–Kier alpha value is -2.63. The van der Waals surface area contributed by atoms with Crippen LogP contribution in [0.2, 0.25) is 0 Å². The summed E-state index contributed by atoms with van der Waals surface area (Å²) in [4.78, 5) is 7.53. The van der Waals surface area contributed by atoms with Crippen LogP contribution >= 0.6 is 11.3 Å². The SMILES string of the molecule is CN=C(NCCc1nc(C(F)(F)F)cs1)NCc1ccc(OC)cc1OC(F)F. The van der Waals surface area contributed by atoms with Gasteiger partial charge in [-0.05, 0) is 12.1 Å². The normalized spacial score (nSPS) is 12.2. The Kier molecular flexibility index (Phi) is 8.00. The number of thiazole rings is 1. The summed E-state index contributed by atoms with van der Waals surface area (Å²) in [6.45, 7) is -2.58. The molecule has 0 saturated carbocycles. The molecule has 2 N–H and O–H groups in total. The molecule has 2 aromatic rings. The number of hydrogen-bond acceptors (Lipinski definition) is 5. The van der Waals surface area contributed by atoms with Gasteiger partial charge in [-0.1, -0.05) is 0 Å². The average Bonchev–Trinajstić information content (AvgIpc) is 3.14. The number of rotatable bonds is 8. The first kappa shape index (κ1) is 22.7. The molecule has 12 heteroatoms. The van der Waals surface area contributed by atoms with Crippen molar-refractivity contribution in [3.63, 3.8) is 0 Å². The number of benzene rings is 1. The van der Waals surface area contributed by atoms with E-state index in [1.54, 1.807) is 12.1 Å². The summed E-state index contributed by atoms with van der Waals surface area (Å²) in [5, 5.41) is 7.16. The number of ether oxygens (including phenoxy) is 2. The van der Waals surface area contributed by atoms with Crippen LogP contribution in [0.4, 0.5) is 22.0 Å². The van der Waals surface area contributed by atoms with E-state index in [0.29, 0.717) is 22.3 Å². The van der Waals surface area contributed by atoms with Gasteiger partial charge in [-0.15, -0.1) is 11.3 Å². The van der Waals surface area contributed by atoms with Gasteiger partial charge in [0.2, 0.25) is 0 Å². The molecular formula is C17H19F5N4O2S. The van der Waals surface area contributed by atoms with Crippen molar-refractivity contribution in [2.45, 2.75) is 25.8 Å². The van der Waals surface area contributed by atoms with Crippen LogP contribution in [0.3, 0.4) is 0 Å². The molecule has 160 valence electrons. The zero-order chi connectivity index (χ0) is 21.4. The maximum Gasteiger partial charge on any atom is 0.434 e. The summed E-state index contributed by atoms with van der Waals surface area (Å²) >= 11 is 0.926. The van der Waals surface area contributed by atoms with Crippen molar-refractivity contribution in [2.75, 3.05) is 20.7 Å². The number of alkyl halides is 5. The number of aromatic nitrogens is 1. The lowest BCUT2D eigenvalue weighted by molar-refractivity contribution is -0.140. The molecule has 1 heterocycles. The molecule has 1 aromatic heterocycles. The molecule has 0 amide bonds. The summed E-state index contributed by atoms with van der Waals surface area (Å²) in [7, 11) is 2.91. The van der Waals surface area contributed by atoms with Gasteiger partial charge in [0, 0.05) is 43.6 Å². The van der Waals surface area contributed by atoms with Crippen LogP contribution in [0.25, 0.3) is 0 Å². The molecule has 0 aliphatic carbocycles. The first-order valence-electron chi connectivity index (χ1n) is 8.30. The molecule has 0 radical (unpaired) electrons. The number of guanidine groups is 1. The maximum atomic E-state index is 12.6. The summed E-state index contributed by atoms with van der Waals surface area (Å²) in [5.41, 5.74) is -0.463. The quantitative estimate of drug-likeness (QED) is 0.374. The molecule has 0 fully saturated rings. The van der Waals surface area contributed by atoms with Crippen LogP contribution in [0.5, 0.6) is 11.5 Å². The Morgan fingerprint density at radius 3 is 2.62 bits per heavy atom. The lowest BCUT2D eigenvalue weighted by Gasteiger charge is -2.15. The molecule has 0 spiro atoms. The van der Waals surface area contributed by atoms with Crippen molar-refractivity contribution < 1.29 is 31.4 Å². The zero-order valence-corrected chi connectivity index (χ0v) is 16.3. The van der Waals surface area contributed by atoms with Gasteiger partial charge >= 0.3 is 12.8 Å². The Balaban J connectivity index is 1.90. The highest BCUT2D eigenvalue weighted by atomic mass is 32.1. The second-order valence-electron chi connectivity index (χ2n) is 5.58. The average molecular weight is 438 g/mol. The highest BCUT2D eigenvalue weighted by molar-refractivity contribution is 7.09. The van der Waals surface area contributed by atoms with E-state index in [0.717, 1.165) is 16.7 Å². The zero-order valence-electron chi connectivity index (χ0n) is 15.5. The molecule has 0 unspecified atom stereocenters. The number of methoxy groups -OCH3 is 1. The predicted molar refractivity (Wildman–Crippen MR) is 98.6 cm³/mol. The summed E-state index contributed by atoms with van der Waals surface area (Å²) in [6, 6.07) is 4.53. The van der Waals surface area contributed by atoms with Gasteiger partial charge in [0.1, 0.15) is 11.5 Å².